The van der Waals surface area contributed by atoms with Crippen molar-refractivity contribution in [2.24, 2.45) is 0 Å². The maximum Gasteiger partial charge on any atom is 0.328 e. The second-order valence-electron chi connectivity index (χ2n) is 4.75. The van der Waals surface area contributed by atoms with Gasteiger partial charge in [-0.2, -0.15) is 15.0 Å². The molecule has 1 N–H and O–H groups in total. The maximum atomic E-state index is 5.74. The number of rotatable bonds is 4. The molecule has 0 atom stereocenters. The lowest BCUT2D eigenvalue weighted by molar-refractivity contribution is 0.440. The van der Waals surface area contributed by atoms with Gasteiger partial charge in [0, 0.05) is 24.6 Å². The summed E-state index contributed by atoms with van der Waals surface area (Å²) in [6.45, 7) is 1.95. The number of aromatic nitrogens is 3. The number of hydrogen-bond acceptors (Lipinski definition) is 6. The monoisotopic (exact) mass is 349 g/mol. The van der Waals surface area contributed by atoms with Crippen LogP contribution < -0.4 is 15.0 Å². The van der Waals surface area contributed by atoms with E-state index in [0.717, 1.165) is 17.6 Å². The zero-order valence-electron chi connectivity index (χ0n) is 11.7. The van der Waals surface area contributed by atoms with Gasteiger partial charge in [0.25, 0.3) is 0 Å². The van der Waals surface area contributed by atoms with Crippen LogP contribution in [0.3, 0.4) is 0 Å². The first kappa shape index (κ1) is 14.1. The molecular formula is C14H16BrN5O. The average molecular weight is 350 g/mol. The third-order valence-corrected chi connectivity index (χ3v) is 3.71. The summed E-state index contributed by atoms with van der Waals surface area (Å²) in [5.74, 6) is 1.86. The van der Waals surface area contributed by atoms with E-state index in [9.17, 15) is 0 Å². The summed E-state index contributed by atoms with van der Waals surface area (Å²) in [6, 6.07) is 7.88. The Morgan fingerprint density at radius 1 is 1.19 bits per heavy atom. The van der Waals surface area contributed by atoms with Gasteiger partial charge in [0.05, 0.1) is 0 Å². The van der Waals surface area contributed by atoms with Crippen LogP contribution in [0.2, 0.25) is 0 Å². The fourth-order valence-electron chi connectivity index (χ4n) is 2.20. The minimum atomic E-state index is 0.300. The Kier molecular flexibility index (Phi) is 4.19. The molecule has 1 aliphatic heterocycles. The largest absolute Gasteiger partial charge is 0.424 e. The van der Waals surface area contributed by atoms with Crippen LogP contribution in [0.15, 0.2) is 28.7 Å². The molecule has 0 aliphatic carbocycles. The third-order valence-electron chi connectivity index (χ3n) is 3.22. The summed E-state index contributed by atoms with van der Waals surface area (Å²) in [5.41, 5.74) is 0. The molecule has 1 aromatic carbocycles. The first-order valence-corrected chi connectivity index (χ1v) is 7.66. The van der Waals surface area contributed by atoms with Gasteiger partial charge in [-0.3, -0.25) is 0 Å². The van der Waals surface area contributed by atoms with E-state index < -0.39 is 0 Å². The second-order valence-corrected chi connectivity index (χ2v) is 5.66. The van der Waals surface area contributed by atoms with E-state index in [1.165, 1.54) is 12.8 Å². The number of benzene rings is 1. The Balaban J connectivity index is 1.88. The van der Waals surface area contributed by atoms with Crippen molar-refractivity contribution in [2.75, 3.05) is 30.4 Å². The zero-order valence-corrected chi connectivity index (χ0v) is 13.3. The normalized spacial score (nSPS) is 14.3. The minimum Gasteiger partial charge on any atom is -0.424 e. The first-order valence-electron chi connectivity index (χ1n) is 6.87. The van der Waals surface area contributed by atoms with Crippen molar-refractivity contribution in [2.45, 2.75) is 12.8 Å². The van der Waals surface area contributed by atoms with Crippen molar-refractivity contribution in [1.29, 1.82) is 0 Å². The molecule has 6 nitrogen and oxygen atoms in total. The van der Waals surface area contributed by atoms with Gasteiger partial charge in [-0.15, -0.1) is 0 Å². The second kappa shape index (κ2) is 6.26. The summed E-state index contributed by atoms with van der Waals surface area (Å²) in [4.78, 5) is 15.2. The molecule has 1 saturated heterocycles. The minimum absolute atomic E-state index is 0.300. The van der Waals surface area contributed by atoms with E-state index in [2.05, 4.69) is 41.1 Å². The molecule has 1 aliphatic rings. The summed E-state index contributed by atoms with van der Waals surface area (Å²) in [6.07, 6.45) is 2.34. The Morgan fingerprint density at radius 3 is 2.71 bits per heavy atom. The van der Waals surface area contributed by atoms with Gasteiger partial charge in [0.15, 0.2) is 0 Å². The van der Waals surface area contributed by atoms with Crippen LogP contribution in [0.1, 0.15) is 12.8 Å². The lowest BCUT2D eigenvalue weighted by atomic mass is 10.3. The lowest BCUT2D eigenvalue weighted by Crippen LogP contribution is -2.21. The standard InChI is InChI=1S/C14H16BrN5O/c1-16-12-17-13(20-7-2-3-8-20)19-14(18-12)21-11-6-4-5-10(15)9-11/h4-6,9H,2-3,7-8H2,1H3,(H,16,17,18,19). The topological polar surface area (TPSA) is 63.2 Å². The number of ether oxygens (including phenoxy) is 1. The molecule has 7 heteroatoms. The number of nitrogens with zero attached hydrogens (tertiary/aromatic N) is 4. The molecule has 2 heterocycles. The lowest BCUT2D eigenvalue weighted by Gasteiger charge is -2.16. The Hall–Kier alpha value is -1.89. The SMILES string of the molecule is CNc1nc(Oc2cccc(Br)c2)nc(N2CCCC2)n1. The summed E-state index contributed by atoms with van der Waals surface area (Å²) in [7, 11) is 1.78. The number of nitrogens with one attached hydrogen (secondary N) is 1. The Morgan fingerprint density at radius 2 is 2.00 bits per heavy atom. The number of halogens is 1. The van der Waals surface area contributed by atoms with E-state index in [0.29, 0.717) is 23.7 Å². The van der Waals surface area contributed by atoms with Gasteiger partial charge in [0.2, 0.25) is 11.9 Å². The molecule has 1 fully saturated rings. The number of hydrogen-bond donors (Lipinski definition) is 1. The van der Waals surface area contributed by atoms with Crippen molar-refractivity contribution in [3.63, 3.8) is 0 Å². The maximum absolute atomic E-state index is 5.74. The van der Waals surface area contributed by atoms with Crippen molar-refractivity contribution < 1.29 is 4.74 Å². The molecule has 1 aromatic heterocycles. The fourth-order valence-corrected chi connectivity index (χ4v) is 2.58. The predicted octanol–water partition coefficient (Wildman–Crippen LogP) is 3.07. The molecule has 3 rings (SSSR count). The number of anilines is 2. The Bertz CT molecular complexity index is 631. The average Bonchev–Trinajstić information content (AvgIpc) is 3.01. The van der Waals surface area contributed by atoms with E-state index in [4.69, 9.17) is 4.74 Å². The summed E-state index contributed by atoms with van der Waals surface area (Å²) >= 11 is 3.42. The van der Waals surface area contributed by atoms with Crippen LogP contribution in [0.4, 0.5) is 11.9 Å². The van der Waals surface area contributed by atoms with Crippen LogP contribution in [-0.4, -0.2) is 35.1 Å². The summed E-state index contributed by atoms with van der Waals surface area (Å²) in [5, 5.41) is 2.95. The summed E-state index contributed by atoms with van der Waals surface area (Å²) < 4.78 is 6.69. The molecular weight excluding hydrogens is 334 g/mol. The smallest absolute Gasteiger partial charge is 0.328 e. The van der Waals surface area contributed by atoms with Crippen molar-refractivity contribution in [3.8, 4) is 11.8 Å². The molecule has 2 aromatic rings. The van der Waals surface area contributed by atoms with Gasteiger partial charge < -0.3 is 15.0 Å². The predicted molar refractivity (Wildman–Crippen MR) is 85.0 cm³/mol. The molecule has 0 unspecified atom stereocenters. The van der Waals surface area contributed by atoms with E-state index >= 15 is 0 Å². The molecule has 0 bridgehead atoms. The van der Waals surface area contributed by atoms with Crippen LogP contribution >= 0.6 is 15.9 Å². The molecule has 110 valence electrons. The molecule has 21 heavy (non-hydrogen) atoms. The third kappa shape index (κ3) is 3.41. The zero-order chi connectivity index (χ0) is 14.7. The molecule has 0 amide bonds. The van der Waals surface area contributed by atoms with Crippen molar-refractivity contribution >= 4 is 27.8 Å². The van der Waals surface area contributed by atoms with Crippen molar-refractivity contribution in [3.05, 3.63) is 28.7 Å². The molecule has 0 saturated carbocycles. The highest BCUT2D eigenvalue weighted by Gasteiger charge is 2.17. The van der Waals surface area contributed by atoms with Crippen molar-refractivity contribution in [1.82, 2.24) is 15.0 Å². The van der Waals surface area contributed by atoms with Crippen LogP contribution in [-0.2, 0) is 0 Å². The van der Waals surface area contributed by atoms with Crippen LogP contribution in [0.25, 0.3) is 0 Å². The molecule has 0 radical (unpaired) electrons. The molecule has 0 spiro atoms. The van der Waals surface area contributed by atoms with E-state index in [1.807, 2.05) is 24.3 Å². The fraction of sp³-hybridized carbons (Fsp3) is 0.357. The van der Waals surface area contributed by atoms with Gasteiger partial charge >= 0.3 is 6.01 Å². The highest BCUT2D eigenvalue weighted by molar-refractivity contribution is 9.10. The van der Waals surface area contributed by atoms with Gasteiger partial charge in [0.1, 0.15) is 5.75 Å². The van der Waals surface area contributed by atoms with E-state index in [-0.39, 0.29) is 0 Å². The van der Waals surface area contributed by atoms with Crippen LogP contribution in [0, 0.1) is 0 Å². The van der Waals surface area contributed by atoms with Gasteiger partial charge in [-0.1, -0.05) is 22.0 Å². The quantitative estimate of drug-likeness (QED) is 0.914. The Labute approximate surface area is 131 Å². The van der Waals surface area contributed by atoms with E-state index in [1.54, 1.807) is 7.05 Å². The first-order chi connectivity index (χ1) is 10.2. The van der Waals surface area contributed by atoms with Gasteiger partial charge in [-0.25, -0.2) is 0 Å². The highest BCUT2D eigenvalue weighted by atomic mass is 79.9. The van der Waals surface area contributed by atoms with Gasteiger partial charge in [-0.05, 0) is 31.0 Å². The van der Waals surface area contributed by atoms with Crippen LogP contribution in [0.5, 0.6) is 11.8 Å². The highest BCUT2D eigenvalue weighted by Crippen LogP contribution is 2.25.